The Kier molecular flexibility index (Phi) is 5.33. The fourth-order valence-corrected chi connectivity index (χ4v) is 4.87. The smallest absolute Gasteiger partial charge is 0.254 e. The van der Waals surface area contributed by atoms with Crippen LogP contribution in [0, 0.1) is 13.8 Å². The van der Waals surface area contributed by atoms with E-state index in [1.165, 1.54) is 11.1 Å². The van der Waals surface area contributed by atoms with Gasteiger partial charge in [-0.15, -0.1) is 0 Å². The van der Waals surface area contributed by atoms with Crippen molar-refractivity contribution in [2.24, 2.45) is 0 Å². The third-order valence-corrected chi connectivity index (χ3v) is 6.78. The second kappa shape index (κ2) is 8.32. The highest BCUT2D eigenvalue weighted by Gasteiger charge is 2.36. The summed E-state index contributed by atoms with van der Waals surface area (Å²) in [5.41, 5.74) is 7.27. The minimum Gasteiger partial charge on any atom is -0.497 e. The Morgan fingerprint density at radius 1 is 0.970 bits per heavy atom. The molecule has 0 spiro atoms. The normalized spacial score (nSPS) is 15.4. The van der Waals surface area contributed by atoms with Crippen LogP contribution >= 0.6 is 0 Å². The number of hydrogen-bond donors (Lipinski definition) is 1. The number of carbonyl (C=O) groups is 1. The molecule has 33 heavy (non-hydrogen) atoms. The molecule has 0 saturated carbocycles. The van der Waals surface area contributed by atoms with Gasteiger partial charge in [-0.2, -0.15) is 0 Å². The van der Waals surface area contributed by atoms with Crippen LogP contribution in [0.3, 0.4) is 0 Å². The number of benzene rings is 3. The van der Waals surface area contributed by atoms with E-state index >= 15 is 0 Å². The van der Waals surface area contributed by atoms with Crippen molar-refractivity contribution in [3.8, 4) is 11.5 Å². The number of nitrogens with one attached hydrogen (secondary N) is 1. The first-order chi connectivity index (χ1) is 16.0. The lowest BCUT2D eigenvalue weighted by Crippen LogP contribution is -2.40. The van der Waals surface area contributed by atoms with Crippen molar-refractivity contribution >= 4 is 16.8 Å². The monoisotopic (exact) mass is 440 g/mol. The van der Waals surface area contributed by atoms with Gasteiger partial charge in [0.1, 0.15) is 17.5 Å². The molecule has 1 aliphatic heterocycles. The van der Waals surface area contributed by atoms with Crippen LogP contribution < -0.4 is 9.47 Å². The molecular formula is C28H28N2O3. The van der Waals surface area contributed by atoms with E-state index in [1.54, 1.807) is 14.2 Å². The second-order valence-electron chi connectivity index (χ2n) is 8.62. The number of aryl methyl sites for hydroxylation is 2. The zero-order chi connectivity index (χ0) is 23.1. The number of H-pyrrole nitrogens is 1. The summed E-state index contributed by atoms with van der Waals surface area (Å²) in [7, 11) is 3.36. The number of carbonyl (C=O) groups excluding carboxylic acids is 1. The molecule has 5 heteroatoms. The fraction of sp³-hybridized carbons (Fsp3) is 0.250. The number of aromatic amines is 1. The van der Waals surface area contributed by atoms with Crippen LogP contribution in [-0.2, 0) is 6.42 Å². The minimum absolute atomic E-state index is 0.0240. The average molecular weight is 441 g/mol. The molecule has 1 amide bonds. The Hall–Kier alpha value is -3.73. The van der Waals surface area contributed by atoms with E-state index in [9.17, 15) is 4.79 Å². The van der Waals surface area contributed by atoms with Gasteiger partial charge in [-0.1, -0.05) is 24.3 Å². The number of aromatic nitrogens is 1. The van der Waals surface area contributed by atoms with E-state index in [2.05, 4.69) is 18.0 Å². The number of methoxy groups -OCH3 is 2. The van der Waals surface area contributed by atoms with Gasteiger partial charge in [-0.05, 0) is 73.4 Å². The van der Waals surface area contributed by atoms with Crippen molar-refractivity contribution in [1.29, 1.82) is 0 Å². The predicted molar refractivity (Wildman–Crippen MR) is 130 cm³/mol. The third kappa shape index (κ3) is 3.54. The van der Waals surface area contributed by atoms with Crippen LogP contribution in [0.1, 0.15) is 44.3 Å². The van der Waals surface area contributed by atoms with E-state index in [0.29, 0.717) is 12.1 Å². The van der Waals surface area contributed by atoms with Crippen LogP contribution in [-0.4, -0.2) is 36.6 Å². The van der Waals surface area contributed by atoms with E-state index < -0.39 is 0 Å². The summed E-state index contributed by atoms with van der Waals surface area (Å²) in [6.45, 7) is 4.72. The molecule has 1 atom stereocenters. The van der Waals surface area contributed by atoms with E-state index in [4.69, 9.17) is 9.47 Å². The standard InChI is InChI=1S/C28H28N2O3/c1-17-9-10-19(15-18(17)2)28(31)30-14-13-21-23-16-20(32-3)11-12-24(23)29-26(21)27(30)22-7-5-6-8-25(22)33-4/h5-12,15-16,27,29H,13-14H2,1-4H3. The maximum Gasteiger partial charge on any atom is 0.254 e. The predicted octanol–water partition coefficient (Wildman–Crippen LogP) is 5.59. The topological polar surface area (TPSA) is 54.6 Å². The minimum atomic E-state index is -0.280. The quantitative estimate of drug-likeness (QED) is 0.450. The van der Waals surface area contributed by atoms with Crippen molar-refractivity contribution < 1.29 is 14.3 Å². The number of ether oxygens (including phenoxy) is 2. The lowest BCUT2D eigenvalue weighted by molar-refractivity contribution is 0.0690. The molecule has 1 N–H and O–H groups in total. The molecule has 168 valence electrons. The SMILES string of the molecule is COc1ccc2[nH]c3c(c2c1)CCN(C(=O)c1ccc(C)c(C)c1)C3c1ccccc1OC. The summed E-state index contributed by atoms with van der Waals surface area (Å²) in [4.78, 5) is 19.4. The maximum absolute atomic E-state index is 13.8. The van der Waals surface area contributed by atoms with Crippen LogP contribution in [0.2, 0.25) is 0 Å². The van der Waals surface area contributed by atoms with Gasteiger partial charge in [-0.3, -0.25) is 4.79 Å². The highest BCUT2D eigenvalue weighted by Crippen LogP contribution is 2.42. The van der Waals surface area contributed by atoms with Crippen molar-refractivity contribution in [1.82, 2.24) is 9.88 Å². The molecule has 5 rings (SSSR count). The molecule has 4 aromatic rings. The molecular weight excluding hydrogens is 412 g/mol. The van der Waals surface area contributed by atoms with Gasteiger partial charge in [0, 0.05) is 34.3 Å². The van der Waals surface area contributed by atoms with Crippen molar-refractivity contribution in [2.45, 2.75) is 26.3 Å². The zero-order valence-electron chi connectivity index (χ0n) is 19.4. The molecule has 1 unspecified atom stereocenters. The van der Waals surface area contributed by atoms with Gasteiger partial charge in [0.2, 0.25) is 0 Å². The summed E-state index contributed by atoms with van der Waals surface area (Å²) in [6, 6.07) is 19.7. The highest BCUT2D eigenvalue weighted by atomic mass is 16.5. The zero-order valence-corrected chi connectivity index (χ0v) is 19.4. The largest absolute Gasteiger partial charge is 0.497 e. The van der Waals surface area contributed by atoms with E-state index in [0.717, 1.165) is 45.6 Å². The summed E-state index contributed by atoms with van der Waals surface area (Å²) in [5, 5.41) is 1.14. The molecule has 1 aromatic heterocycles. The molecule has 2 heterocycles. The number of hydrogen-bond acceptors (Lipinski definition) is 3. The summed E-state index contributed by atoms with van der Waals surface area (Å²) in [5.74, 6) is 1.62. The first-order valence-corrected chi connectivity index (χ1v) is 11.2. The fourth-order valence-electron chi connectivity index (χ4n) is 4.87. The Morgan fingerprint density at radius 3 is 2.55 bits per heavy atom. The van der Waals surface area contributed by atoms with Crippen LogP contribution in [0.15, 0.2) is 60.7 Å². The molecule has 0 fully saturated rings. The van der Waals surface area contributed by atoms with E-state index in [-0.39, 0.29) is 11.9 Å². The van der Waals surface area contributed by atoms with Crippen molar-refractivity contribution in [3.05, 3.63) is 94.2 Å². The molecule has 0 aliphatic carbocycles. The maximum atomic E-state index is 13.8. The van der Waals surface area contributed by atoms with Gasteiger partial charge in [0.05, 0.1) is 14.2 Å². The van der Waals surface area contributed by atoms with E-state index in [1.807, 2.05) is 66.4 Å². The molecule has 0 saturated heterocycles. The molecule has 3 aromatic carbocycles. The number of amides is 1. The van der Waals surface area contributed by atoms with Gasteiger partial charge in [0.15, 0.2) is 0 Å². The molecule has 0 bridgehead atoms. The van der Waals surface area contributed by atoms with Crippen molar-refractivity contribution in [3.63, 3.8) is 0 Å². The number of fused-ring (bicyclic) bond motifs is 3. The summed E-state index contributed by atoms with van der Waals surface area (Å²) < 4.78 is 11.2. The summed E-state index contributed by atoms with van der Waals surface area (Å²) >= 11 is 0. The lowest BCUT2D eigenvalue weighted by Gasteiger charge is -2.37. The highest BCUT2D eigenvalue weighted by molar-refractivity contribution is 5.96. The van der Waals surface area contributed by atoms with Gasteiger partial charge in [0.25, 0.3) is 5.91 Å². The first kappa shape index (κ1) is 21.1. The molecule has 1 aliphatic rings. The Bertz CT molecular complexity index is 1350. The van der Waals surface area contributed by atoms with Crippen molar-refractivity contribution in [2.75, 3.05) is 20.8 Å². The second-order valence-corrected chi connectivity index (χ2v) is 8.62. The summed E-state index contributed by atoms with van der Waals surface area (Å²) in [6.07, 6.45) is 0.769. The van der Waals surface area contributed by atoms with Crippen LogP contribution in [0.25, 0.3) is 10.9 Å². The number of para-hydroxylation sites is 1. The van der Waals surface area contributed by atoms with Gasteiger partial charge >= 0.3 is 0 Å². The lowest BCUT2D eigenvalue weighted by atomic mass is 9.91. The Balaban J connectivity index is 1.69. The molecule has 5 nitrogen and oxygen atoms in total. The van der Waals surface area contributed by atoms with Crippen LogP contribution in [0.5, 0.6) is 11.5 Å². The number of rotatable bonds is 4. The molecule has 0 radical (unpaired) electrons. The Labute approximate surface area is 193 Å². The van der Waals surface area contributed by atoms with Gasteiger partial charge < -0.3 is 19.4 Å². The van der Waals surface area contributed by atoms with Gasteiger partial charge in [-0.25, -0.2) is 0 Å². The average Bonchev–Trinajstić information content (AvgIpc) is 3.22. The first-order valence-electron chi connectivity index (χ1n) is 11.2. The van der Waals surface area contributed by atoms with Crippen LogP contribution in [0.4, 0.5) is 0 Å². The third-order valence-electron chi connectivity index (χ3n) is 6.78. The Morgan fingerprint density at radius 2 is 1.79 bits per heavy atom. The number of nitrogens with zero attached hydrogens (tertiary/aromatic N) is 1.